The van der Waals surface area contributed by atoms with E-state index in [0.29, 0.717) is 36.2 Å². The van der Waals surface area contributed by atoms with Crippen molar-refractivity contribution >= 4 is 13.3 Å². The summed E-state index contributed by atoms with van der Waals surface area (Å²) in [4.78, 5) is 0. The first-order valence-corrected chi connectivity index (χ1v) is 12.0. The molecule has 0 amide bonds. The van der Waals surface area contributed by atoms with Crippen LogP contribution in [-0.2, 0) is 4.74 Å². The van der Waals surface area contributed by atoms with Crippen LogP contribution in [0.1, 0.15) is 45.6 Å². The third-order valence-corrected chi connectivity index (χ3v) is 11.5. The van der Waals surface area contributed by atoms with Gasteiger partial charge in [0.2, 0.25) is 12.0 Å². The van der Waals surface area contributed by atoms with Gasteiger partial charge in [0.1, 0.15) is 5.75 Å². The van der Waals surface area contributed by atoms with Crippen molar-refractivity contribution in [3.05, 3.63) is 5.56 Å². The standard InChI is InChI=1S/C19H30O5Si/c1-8-22-15-14-12(11-9-10-23-18(11)24-14)13(20)17(16(15)21-5)25(6,7)19(2,3)4/h11,18,20H,8-10H2,1-7H3/t11-,18+/m0/s1. The van der Waals surface area contributed by atoms with Gasteiger partial charge < -0.3 is 24.1 Å². The number of fused-ring (bicyclic) bond motifs is 3. The maximum absolute atomic E-state index is 11.3. The maximum Gasteiger partial charge on any atom is 0.207 e. The van der Waals surface area contributed by atoms with Crippen molar-refractivity contribution in [2.24, 2.45) is 0 Å². The molecule has 1 aromatic carbocycles. The smallest absolute Gasteiger partial charge is 0.207 e. The molecule has 1 saturated heterocycles. The fourth-order valence-corrected chi connectivity index (χ4v) is 5.91. The van der Waals surface area contributed by atoms with E-state index in [2.05, 4.69) is 33.9 Å². The van der Waals surface area contributed by atoms with Crippen molar-refractivity contribution in [1.82, 2.24) is 0 Å². The molecule has 1 aromatic rings. The molecule has 2 atom stereocenters. The van der Waals surface area contributed by atoms with Gasteiger partial charge in [-0.3, -0.25) is 0 Å². The first-order valence-electron chi connectivity index (χ1n) is 9.03. The fourth-order valence-electron chi connectivity index (χ4n) is 3.65. The predicted octanol–water partition coefficient (Wildman–Crippen LogP) is 3.74. The summed E-state index contributed by atoms with van der Waals surface area (Å²) in [5.41, 5.74) is 0.839. The van der Waals surface area contributed by atoms with Crippen LogP contribution in [0.3, 0.4) is 0 Å². The second-order valence-corrected chi connectivity index (χ2v) is 13.6. The van der Waals surface area contributed by atoms with Crippen LogP contribution in [0.5, 0.6) is 23.0 Å². The van der Waals surface area contributed by atoms with Crippen LogP contribution in [-0.4, -0.2) is 39.8 Å². The molecule has 140 valence electrons. The molecule has 25 heavy (non-hydrogen) atoms. The number of phenolic OH excluding ortho intramolecular Hbond substituents is 1. The lowest BCUT2D eigenvalue weighted by atomic mass is 9.97. The lowest BCUT2D eigenvalue weighted by Crippen LogP contribution is -2.50. The summed E-state index contributed by atoms with van der Waals surface area (Å²) in [5.74, 6) is 2.19. The lowest BCUT2D eigenvalue weighted by molar-refractivity contribution is -0.0350. The Balaban J connectivity index is 2.32. The van der Waals surface area contributed by atoms with Crippen LogP contribution in [0, 0.1) is 0 Å². The van der Waals surface area contributed by atoms with E-state index >= 15 is 0 Å². The Hall–Kier alpha value is -1.40. The third kappa shape index (κ3) is 2.61. The highest BCUT2D eigenvalue weighted by Crippen LogP contribution is 2.56. The number of ether oxygens (including phenoxy) is 4. The number of hydrogen-bond acceptors (Lipinski definition) is 5. The predicted molar refractivity (Wildman–Crippen MR) is 100 cm³/mol. The van der Waals surface area contributed by atoms with E-state index in [-0.39, 0.29) is 17.2 Å². The van der Waals surface area contributed by atoms with Gasteiger partial charge in [-0.05, 0) is 18.4 Å². The second-order valence-electron chi connectivity index (χ2n) is 8.39. The van der Waals surface area contributed by atoms with Crippen LogP contribution in [0.15, 0.2) is 0 Å². The molecular formula is C19H30O5Si. The van der Waals surface area contributed by atoms with E-state index in [1.165, 1.54) is 0 Å². The van der Waals surface area contributed by atoms with Crippen molar-refractivity contribution in [2.75, 3.05) is 20.3 Å². The first kappa shape index (κ1) is 18.4. The Morgan fingerprint density at radius 2 is 1.92 bits per heavy atom. The van der Waals surface area contributed by atoms with Crippen molar-refractivity contribution in [3.8, 4) is 23.0 Å². The quantitative estimate of drug-likeness (QED) is 0.823. The molecule has 0 saturated carbocycles. The van der Waals surface area contributed by atoms with Gasteiger partial charge in [-0.15, -0.1) is 0 Å². The molecule has 2 heterocycles. The van der Waals surface area contributed by atoms with Gasteiger partial charge in [0.15, 0.2) is 11.5 Å². The lowest BCUT2D eigenvalue weighted by Gasteiger charge is -2.39. The minimum Gasteiger partial charge on any atom is -0.507 e. The van der Waals surface area contributed by atoms with Gasteiger partial charge in [0, 0.05) is 10.8 Å². The van der Waals surface area contributed by atoms with Gasteiger partial charge in [-0.1, -0.05) is 33.9 Å². The highest BCUT2D eigenvalue weighted by Gasteiger charge is 2.49. The van der Waals surface area contributed by atoms with Crippen LogP contribution in [0.4, 0.5) is 0 Å². The number of benzene rings is 1. The molecule has 2 aliphatic heterocycles. The summed E-state index contributed by atoms with van der Waals surface area (Å²) < 4.78 is 23.4. The van der Waals surface area contributed by atoms with Crippen molar-refractivity contribution in [3.63, 3.8) is 0 Å². The summed E-state index contributed by atoms with van der Waals surface area (Å²) in [5, 5.41) is 12.3. The molecule has 6 heteroatoms. The van der Waals surface area contributed by atoms with E-state index in [9.17, 15) is 5.11 Å². The number of aromatic hydroxyl groups is 1. The van der Waals surface area contributed by atoms with Gasteiger partial charge in [-0.2, -0.15) is 0 Å². The molecule has 2 aliphatic rings. The summed E-state index contributed by atoms with van der Waals surface area (Å²) in [6, 6.07) is 0. The Bertz CT molecular complexity index is 678. The summed E-state index contributed by atoms with van der Waals surface area (Å²) in [6.07, 6.45) is 0.513. The average Bonchev–Trinajstić information content (AvgIpc) is 3.08. The highest BCUT2D eigenvalue weighted by molar-refractivity contribution is 6.93. The zero-order valence-corrected chi connectivity index (χ0v) is 17.4. The molecule has 0 aliphatic carbocycles. The average molecular weight is 367 g/mol. The Morgan fingerprint density at radius 3 is 2.48 bits per heavy atom. The number of methoxy groups -OCH3 is 1. The normalized spacial score (nSPS) is 22.4. The number of hydrogen-bond donors (Lipinski definition) is 1. The number of rotatable bonds is 4. The number of phenols is 1. The van der Waals surface area contributed by atoms with Crippen LogP contribution < -0.4 is 19.4 Å². The van der Waals surface area contributed by atoms with Crippen LogP contribution >= 0.6 is 0 Å². The molecule has 0 aromatic heterocycles. The summed E-state index contributed by atoms with van der Waals surface area (Å²) >= 11 is 0. The maximum atomic E-state index is 11.3. The van der Waals surface area contributed by atoms with E-state index in [1.54, 1.807) is 7.11 Å². The second kappa shape index (κ2) is 6.09. The van der Waals surface area contributed by atoms with Crippen molar-refractivity contribution in [2.45, 2.75) is 64.5 Å². The fraction of sp³-hybridized carbons (Fsp3) is 0.684. The third-order valence-electron chi connectivity index (χ3n) is 6.01. The minimum atomic E-state index is -2.09. The molecule has 0 spiro atoms. The Kier molecular flexibility index (Phi) is 4.48. The molecule has 0 radical (unpaired) electrons. The zero-order valence-electron chi connectivity index (χ0n) is 16.4. The molecule has 0 unspecified atom stereocenters. The van der Waals surface area contributed by atoms with Crippen LogP contribution in [0.2, 0.25) is 18.1 Å². The van der Waals surface area contributed by atoms with Crippen molar-refractivity contribution < 1.29 is 24.1 Å². The van der Waals surface area contributed by atoms with Crippen LogP contribution in [0.25, 0.3) is 0 Å². The Labute approximate surface area is 151 Å². The molecular weight excluding hydrogens is 336 g/mol. The largest absolute Gasteiger partial charge is 0.507 e. The monoisotopic (exact) mass is 366 g/mol. The van der Waals surface area contributed by atoms with Gasteiger partial charge in [-0.25, -0.2) is 0 Å². The SMILES string of the molecule is CCOc1c2c(c(O)c([Si](C)(C)C(C)(C)C)c1OC)[C@@H]1CCO[C@@H]1O2. The zero-order chi connectivity index (χ0) is 18.6. The summed E-state index contributed by atoms with van der Waals surface area (Å²) in [6.45, 7) is 14.3. The highest BCUT2D eigenvalue weighted by atomic mass is 28.3. The molecule has 3 rings (SSSR count). The van der Waals surface area contributed by atoms with E-state index in [4.69, 9.17) is 18.9 Å². The first-order chi connectivity index (χ1) is 11.6. The molecule has 5 nitrogen and oxygen atoms in total. The van der Waals surface area contributed by atoms with Gasteiger partial charge in [0.05, 0.1) is 34.3 Å². The van der Waals surface area contributed by atoms with Crippen molar-refractivity contribution in [1.29, 1.82) is 0 Å². The topological polar surface area (TPSA) is 57.2 Å². The molecule has 1 N–H and O–H groups in total. The summed E-state index contributed by atoms with van der Waals surface area (Å²) in [7, 11) is -0.458. The Morgan fingerprint density at radius 1 is 1.24 bits per heavy atom. The van der Waals surface area contributed by atoms with Gasteiger partial charge >= 0.3 is 0 Å². The van der Waals surface area contributed by atoms with E-state index in [0.717, 1.165) is 17.2 Å². The van der Waals surface area contributed by atoms with E-state index < -0.39 is 8.07 Å². The van der Waals surface area contributed by atoms with Gasteiger partial charge in [0.25, 0.3) is 0 Å². The molecule has 0 bridgehead atoms. The minimum absolute atomic E-state index is 0.0422. The van der Waals surface area contributed by atoms with E-state index in [1.807, 2.05) is 6.92 Å². The molecule has 1 fully saturated rings.